The molecule has 0 saturated carbocycles. The summed E-state index contributed by atoms with van der Waals surface area (Å²) >= 11 is 9.32. The predicted molar refractivity (Wildman–Crippen MR) is 61.0 cm³/mol. The van der Waals surface area contributed by atoms with Crippen LogP contribution in [-0.4, -0.2) is 23.0 Å². The molecular weight excluding hydrogens is 224 g/mol. The van der Waals surface area contributed by atoms with Crippen molar-refractivity contribution in [2.45, 2.75) is 6.42 Å². The molecule has 0 spiro atoms. The summed E-state index contributed by atoms with van der Waals surface area (Å²) in [6, 6.07) is 0. The molecule has 0 bridgehead atoms. The van der Waals surface area contributed by atoms with E-state index in [0.29, 0.717) is 5.15 Å². The molecule has 0 amide bonds. The minimum atomic E-state index is 0.591. The molecule has 1 fully saturated rings. The van der Waals surface area contributed by atoms with E-state index in [1.165, 1.54) is 17.9 Å². The molecule has 1 unspecified atom stereocenters. The Hall–Kier alpha value is 0.0700. The lowest BCUT2D eigenvalue weighted by Crippen LogP contribution is -2.13. The fourth-order valence-electron chi connectivity index (χ4n) is 1.31. The van der Waals surface area contributed by atoms with Crippen molar-refractivity contribution in [1.82, 2.24) is 4.98 Å². The molecule has 1 aliphatic heterocycles. The molecule has 1 atom stereocenters. The molecule has 5 heteroatoms. The lowest BCUT2D eigenvalue weighted by molar-refractivity contribution is 0.631. The van der Waals surface area contributed by atoms with Crippen molar-refractivity contribution in [2.75, 3.05) is 23.4 Å². The van der Waals surface area contributed by atoms with E-state index in [0.717, 1.165) is 17.6 Å². The molecule has 13 heavy (non-hydrogen) atoms. The fourth-order valence-corrected chi connectivity index (χ4v) is 3.44. The zero-order valence-corrected chi connectivity index (χ0v) is 9.51. The van der Waals surface area contributed by atoms with Crippen molar-refractivity contribution in [3.8, 4) is 0 Å². The van der Waals surface area contributed by atoms with Gasteiger partial charge in [0.05, 0.1) is 0 Å². The van der Waals surface area contributed by atoms with Gasteiger partial charge in [-0.25, -0.2) is 4.98 Å². The maximum absolute atomic E-state index is 5.71. The van der Waals surface area contributed by atoms with Gasteiger partial charge >= 0.3 is 0 Å². The number of thioether (sulfide) groups is 1. The summed E-state index contributed by atoms with van der Waals surface area (Å²) in [5.74, 6) is 3.41. The highest BCUT2D eigenvalue weighted by atomic mass is 35.5. The molecular formula is C8H11ClN2S2. The number of hydrogen-bond donors (Lipinski definition) is 1. The van der Waals surface area contributed by atoms with Crippen LogP contribution in [0.3, 0.4) is 0 Å². The highest BCUT2D eigenvalue weighted by molar-refractivity contribution is 7.99. The summed E-state index contributed by atoms with van der Waals surface area (Å²) in [5, 5.41) is 6.71. The highest BCUT2D eigenvalue weighted by Crippen LogP contribution is 2.25. The quantitative estimate of drug-likeness (QED) is 0.871. The Bertz CT molecular complexity index is 271. The average Bonchev–Trinajstić information content (AvgIpc) is 2.71. The number of nitrogens with zero attached hydrogens (tertiary/aromatic N) is 1. The maximum atomic E-state index is 5.71. The van der Waals surface area contributed by atoms with Crippen LogP contribution in [0.2, 0.25) is 5.15 Å². The van der Waals surface area contributed by atoms with E-state index in [9.17, 15) is 0 Å². The second kappa shape index (κ2) is 4.53. The number of hydrogen-bond acceptors (Lipinski definition) is 4. The summed E-state index contributed by atoms with van der Waals surface area (Å²) in [4.78, 5) is 4.14. The van der Waals surface area contributed by atoms with E-state index in [-0.39, 0.29) is 0 Å². The molecule has 1 aromatic heterocycles. The van der Waals surface area contributed by atoms with Gasteiger partial charge in [0.2, 0.25) is 0 Å². The lowest BCUT2D eigenvalue weighted by atomic mass is 10.1. The first-order valence-corrected chi connectivity index (χ1v) is 6.68. The van der Waals surface area contributed by atoms with Crippen LogP contribution in [0.1, 0.15) is 6.42 Å². The third-order valence-corrected chi connectivity index (χ3v) is 4.40. The number of halogens is 1. The van der Waals surface area contributed by atoms with Gasteiger partial charge in [-0.1, -0.05) is 11.6 Å². The number of nitrogens with one attached hydrogen (secondary N) is 1. The van der Waals surface area contributed by atoms with Crippen molar-refractivity contribution in [2.24, 2.45) is 5.92 Å². The van der Waals surface area contributed by atoms with Crippen LogP contribution in [0.15, 0.2) is 5.38 Å². The second-order valence-corrected chi connectivity index (χ2v) is 5.48. The van der Waals surface area contributed by atoms with Gasteiger partial charge in [0, 0.05) is 11.9 Å². The van der Waals surface area contributed by atoms with Crippen LogP contribution < -0.4 is 5.32 Å². The van der Waals surface area contributed by atoms with Gasteiger partial charge in [0.15, 0.2) is 5.13 Å². The van der Waals surface area contributed by atoms with Crippen molar-refractivity contribution in [1.29, 1.82) is 0 Å². The van der Waals surface area contributed by atoms with Gasteiger partial charge in [-0.3, -0.25) is 0 Å². The Morgan fingerprint density at radius 2 is 2.62 bits per heavy atom. The van der Waals surface area contributed by atoms with Crippen LogP contribution >= 0.6 is 34.7 Å². The summed E-state index contributed by atoms with van der Waals surface area (Å²) in [6.45, 7) is 1.04. The zero-order chi connectivity index (χ0) is 9.10. The minimum Gasteiger partial charge on any atom is -0.361 e. The Balaban J connectivity index is 1.78. The lowest BCUT2D eigenvalue weighted by Gasteiger charge is -2.07. The highest BCUT2D eigenvalue weighted by Gasteiger charge is 2.15. The van der Waals surface area contributed by atoms with Gasteiger partial charge in [0.1, 0.15) is 5.15 Å². The van der Waals surface area contributed by atoms with Crippen molar-refractivity contribution < 1.29 is 0 Å². The summed E-state index contributed by atoms with van der Waals surface area (Å²) < 4.78 is 0. The molecule has 2 heterocycles. The summed E-state index contributed by atoms with van der Waals surface area (Å²) in [5.41, 5.74) is 0. The fraction of sp³-hybridized carbons (Fsp3) is 0.625. The van der Waals surface area contributed by atoms with Gasteiger partial charge in [-0.05, 0) is 23.8 Å². The smallest absolute Gasteiger partial charge is 0.184 e. The van der Waals surface area contributed by atoms with Crippen molar-refractivity contribution in [3.63, 3.8) is 0 Å². The number of rotatable bonds is 3. The van der Waals surface area contributed by atoms with Crippen molar-refractivity contribution >= 4 is 39.8 Å². The van der Waals surface area contributed by atoms with Crippen LogP contribution in [0.4, 0.5) is 5.13 Å². The maximum Gasteiger partial charge on any atom is 0.184 e. The molecule has 1 saturated heterocycles. The SMILES string of the molecule is Clc1csc(NCC2CCSC2)n1. The predicted octanol–water partition coefficient (Wildman–Crippen LogP) is 2.96. The summed E-state index contributed by atoms with van der Waals surface area (Å²) in [6.07, 6.45) is 1.33. The molecule has 2 nitrogen and oxygen atoms in total. The molecule has 0 aliphatic carbocycles. The van der Waals surface area contributed by atoms with Crippen LogP contribution in [0.25, 0.3) is 0 Å². The molecule has 1 N–H and O–H groups in total. The van der Waals surface area contributed by atoms with Crippen LogP contribution in [0.5, 0.6) is 0 Å². The van der Waals surface area contributed by atoms with Crippen LogP contribution in [-0.2, 0) is 0 Å². The minimum absolute atomic E-state index is 0.591. The molecule has 0 aromatic carbocycles. The standard InChI is InChI=1S/C8H11ClN2S2/c9-7-5-13-8(11-7)10-3-6-1-2-12-4-6/h5-6H,1-4H2,(H,10,11). The first kappa shape index (κ1) is 9.62. The van der Waals surface area contributed by atoms with E-state index < -0.39 is 0 Å². The van der Waals surface area contributed by atoms with E-state index in [2.05, 4.69) is 10.3 Å². The van der Waals surface area contributed by atoms with E-state index in [1.807, 2.05) is 17.1 Å². The van der Waals surface area contributed by atoms with E-state index in [1.54, 1.807) is 11.3 Å². The largest absolute Gasteiger partial charge is 0.361 e. The number of thiazole rings is 1. The van der Waals surface area contributed by atoms with Gasteiger partial charge in [-0.15, -0.1) is 11.3 Å². The normalized spacial score (nSPS) is 22.1. The monoisotopic (exact) mass is 234 g/mol. The van der Waals surface area contributed by atoms with Gasteiger partial charge in [-0.2, -0.15) is 11.8 Å². The molecule has 1 aliphatic rings. The van der Waals surface area contributed by atoms with Gasteiger partial charge in [0.25, 0.3) is 0 Å². The van der Waals surface area contributed by atoms with Gasteiger partial charge < -0.3 is 5.32 Å². The Labute approximate surface area is 91.1 Å². The topological polar surface area (TPSA) is 24.9 Å². The zero-order valence-electron chi connectivity index (χ0n) is 7.12. The van der Waals surface area contributed by atoms with E-state index in [4.69, 9.17) is 11.6 Å². The first-order valence-electron chi connectivity index (χ1n) is 4.27. The Kier molecular flexibility index (Phi) is 3.35. The van der Waals surface area contributed by atoms with Crippen LogP contribution in [0, 0.1) is 5.92 Å². The third-order valence-electron chi connectivity index (χ3n) is 2.04. The van der Waals surface area contributed by atoms with Crippen molar-refractivity contribution in [3.05, 3.63) is 10.5 Å². The number of anilines is 1. The number of aromatic nitrogens is 1. The van der Waals surface area contributed by atoms with E-state index >= 15 is 0 Å². The average molecular weight is 235 g/mol. The molecule has 72 valence electrons. The third kappa shape index (κ3) is 2.76. The second-order valence-electron chi connectivity index (χ2n) is 3.09. The first-order chi connectivity index (χ1) is 6.34. The Morgan fingerprint density at radius 1 is 1.69 bits per heavy atom. The molecule has 0 radical (unpaired) electrons. The Morgan fingerprint density at radius 3 is 3.23 bits per heavy atom. The molecule has 2 rings (SSSR count). The summed E-state index contributed by atoms with van der Waals surface area (Å²) in [7, 11) is 0. The molecule has 1 aromatic rings.